The van der Waals surface area contributed by atoms with Crippen molar-refractivity contribution in [2.45, 2.75) is 57.3 Å². The zero-order chi connectivity index (χ0) is 27.7. The molecule has 0 unspecified atom stereocenters. The van der Waals surface area contributed by atoms with Crippen molar-refractivity contribution in [1.29, 1.82) is 0 Å². The van der Waals surface area contributed by atoms with Crippen LogP contribution in [0.25, 0.3) is 0 Å². The number of nitrogens with zero attached hydrogens (tertiary/aromatic N) is 1. The summed E-state index contributed by atoms with van der Waals surface area (Å²) in [7, 11) is 0. The summed E-state index contributed by atoms with van der Waals surface area (Å²) >= 11 is 3.79. The number of guanidine groups is 1. The molecule has 0 aliphatic heterocycles. The third-order valence-electron chi connectivity index (χ3n) is 3.87. The minimum atomic E-state index is -1.57. The number of carboxylic acid groups (broad SMARTS) is 3. The minimum Gasteiger partial charge on any atom is -0.481 e. The lowest BCUT2D eigenvalue weighted by Crippen LogP contribution is -2.57. The highest BCUT2D eigenvalue weighted by molar-refractivity contribution is 7.80. The number of aliphatic imine (C=N–C) groups is 1. The number of carbonyl (C=O) groups is 6. The lowest BCUT2D eigenvalue weighted by molar-refractivity contribution is -0.143. The van der Waals surface area contributed by atoms with E-state index in [1.807, 2.05) is 0 Å². The molecule has 0 rings (SSSR count). The van der Waals surface area contributed by atoms with Crippen LogP contribution in [-0.2, 0) is 28.8 Å². The number of aliphatic carboxylic acids is 3. The van der Waals surface area contributed by atoms with Crippen LogP contribution < -0.4 is 33.2 Å². The van der Waals surface area contributed by atoms with Crippen LogP contribution >= 0.6 is 12.6 Å². The standard InChI is InChI=1S/C16H29N7O7S.C2H4O2/c1-7(21-13(27)8(17)3-2-4-20-16(18)19)12(26)22-9(5-11(24)25)14(28)23-10(6-31)15(29)30;1-2(3)4/h7-10,31H,2-6,17H2,1H3,(H,21,27)(H,22,26)(H,23,28)(H,24,25)(H,29,30)(H4,18,19,20);1H3,(H,3,4)/t7-,8-,9-,10-;/m0./s1. The number of hydrogen-bond acceptors (Lipinski definition) is 9. The molecule has 17 heteroatoms. The molecule has 0 fully saturated rings. The molecule has 3 amide bonds. The SMILES string of the molecule is CC(=O)O.C[C@H](NC(=O)[C@@H](N)CCCN=C(N)N)C(=O)N[C@@H](CC(=O)O)C(=O)N[C@@H](CS)C(=O)O. The predicted molar refractivity (Wildman–Crippen MR) is 126 cm³/mol. The van der Waals surface area contributed by atoms with E-state index in [0.29, 0.717) is 6.42 Å². The maximum absolute atomic E-state index is 12.3. The van der Waals surface area contributed by atoms with Gasteiger partial charge in [0.05, 0.1) is 12.5 Å². The van der Waals surface area contributed by atoms with E-state index < -0.39 is 66.2 Å². The first-order valence-corrected chi connectivity index (χ1v) is 10.7. The van der Waals surface area contributed by atoms with E-state index in [-0.39, 0.29) is 24.7 Å². The Balaban J connectivity index is 0. The fourth-order valence-electron chi connectivity index (χ4n) is 2.17. The molecule has 0 bridgehead atoms. The van der Waals surface area contributed by atoms with Crippen LogP contribution in [0.15, 0.2) is 4.99 Å². The van der Waals surface area contributed by atoms with Crippen molar-refractivity contribution in [3.05, 3.63) is 0 Å². The topological polar surface area (TPSA) is 290 Å². The van der Waals surface area contributed by atoms with Gasteiger partial charge in [0.15, 0.2) is 5.96 Å². The maximum atomic E-state index is 12.3. The molecule has 0 aromatic carbocycles. The molecule has 0 aromatic heterocycles. The number of rotatable bonds is 14. The van der Waals surface area contributed by atoms with E-state index >= 15 is 0 Å². The lowest BCUT2D eigenvalue weighted by atomic mass is 10.1. The Morgan fingerprint density at radius 2 is 1.43 bits per heavy atom. The van der Waals surface area contributed by atoms with Crippen molar-refractivity contribution in [2.75, 3.05) is 12.3 Å². The Morgan fingerprint density at radius 1 is 0.914 bits per heavy atom. The van der Waals surface area contributed by atoms with E-state index in [4.69, 9.17) is 37.3 Å². The molecule has 12 N–H and O–H groups in total. The molecule has 0 aliphatic carbocycles. The first-order valence-electron chi connectivity index (χ1n) is 10.1. The first kappa shape index (κ1) is 33.6. The van der Waals surface area contributed by atoms with Gasteiger partial charge in [-0.15, -0.1) is 0 Å². The number of amides is 3. The third kappa shape index (κ3) is 17.5. The molecule has 0 radical (unpaired) electrons. The van der Waals surface area contributed by atoms with Gasteiger partial charge in [-0.05, 0) is 19.8 Å². The molecule has 0 aliphatic rings. The molecule has 0 spiro atoms. The summed E-state index contributed by atoms with van der Waals surface area (Å²) in [5.74, 6) is -6.48. The second kappa shape index (κ2) is 17.8. The molecule has 0 saturated carbocycles. The summed E-state index contributed by atoms with van der Waals surface area (Å²) < 4.78 is 0. The molecule has 0 aromatic rings. The van der Waals surface area contributed by atoms with Crippen LogP contribution in [0.2, 0.25) is 0 Å². The van der Waals surface area contributed by atoms with Gasteiger partial charge in [-0.1, -0.05) is 0 Å². The van der Waals surface area contributed by atoms with Gasteiger partial charge in [-0.3, -0.25) is 29.0 Å². The molecule has 35 heavy (non-hydrogen) atoms. The number of hydrogen-bond donors (Lipinski definition) is 10. The number of carboxylic acids is 3. The zero-order valence-electron chi connectivity index (χ0n) is 19.3. The minimum absolute atomic E-state index is 0.0905. The zero-order valence-corrected chi connectivity index (χ0v) is 20.2. The molecule has 4 atom stereocenters. The highest BCUT2D eigenvalue weighted by atomic mass is 32.1. The molecule has 0 heterocycles. The summed E-state index contributed by atoms with van der Waals surface area (Å²) in [5.41, 5.74) is 16.1. The van der Waals surface area contributed by atoms with E-state index in [0.717, 1.165) is 6.92 Å². The Kier molecular flexibility index (Phi) is 17.1. The molecular formula is C18H33N7O9S. The van der Waals surface area contributed by atoms with Crippen LogP contribution in [0.3, 0.4) is 0 Å². The molecule has 0 saturated heterocycles. The summed E-state index contributed by atoms with van der Waals surface area (Å²) in [6, 6.07) is -5.05. The number of nitrogens with one attached hydrogen (secondary N) is 3. The van der Waals surface area contributed by atoms with Crippen LogP contribution in [0.1, 0.15) is 33.1 Å². The van der Waals surface area contributed by atoms with Crippen molar-refractivity contribution < 1.29 is 44.1 Å². The average molecular weight is 524 g/mol. The second-order valence-corrected chi connectivity index (χ2v) is 7.41. The highest BCUT2D eigenvalue weighted by Crippen LogP contribution is 2.00. The largest absolute Gasteiger partial charge is 0.481 e. The average Bonchev–Trinajstić information content (AvgIpc) is 2.72. The summed E-state index contributed by atoms with van der Waals surface area (Å²) in [6.07, 6.45) is -0.146. The summed E-state index contributed by atoms with van der Waals surface area (Å²) in [5, 5.41) is 32.0. The van der Waals surface area contributed by atoms with Crippen molar-refractivity contribution in [3.63, 3.8) is 0 Å². The van der Waals surface area contributed by atoms with Crippen molar-refractivity contribution in [3.8, 4) is 0 Å². The van der Waals surface area contributed by atoms with Gasteiger partial charge in [0.25, 0.3) is 5.97 Å². The fourth-order valence-corrected chi connectivity index (χ4v) is 2.42. The fraction of sp³-hybridized carbons (Fsp3) is 0.611. The highest BCUT2D eigenvalue weighted by Gasteiger charge is 2.29. The Bertz CT molecular complexity index is 786. The van der Waals surface area contributed by atoms with Crippen molar-refractivity contribution >= 4 is 54.2 Å². The Labute approximate surface area is 206 Å². The maximum Gasteiger partial charge on any atom is 0.327 e. The molecule has 16 nitrogen and oxygen atoms in total. The van der Waals surface area contributed by atoms with Gasteiger partial charge < -0.3 is 48.5 Å². The molecular weight excluding hydrogens is 490 g/mol. The van der Waals surface area contributed by atoms with Gasteiger partial charge in [0, 0.05) is 19.2 Å². The van der Waals surface area contributed by atoms with Gasteiger partial charge in [-0.25, -0.2) is 4.79 Å². The van der Waals surface area contributed by atoms with E-state index in [9.17, 15) is 24.0 Å². The third-order valence-corrected chi connectivity index (χ3v) is 4.23. The lowest BCUT2D eigenvalue weighted by Gasteiger charge is -2.22. The van der Waals surface area contributed by atoms with Gasteiger partial charge in [0.2, 0.25) is 17.7 Å². The monoisotopic (exact) mass is 523 g/mol. The van der Waals surface area contributed by atoms with Crippen molar-refractivity contribution in [2.24, 2.45) is 22.2 Å². The molecule has 200 valence electrons. The van der Waals surface area contributed by atoms with Crippen LogP contribution in [0.4, 0.5) is 0 Å². The first-order chi connectivity index (χ1) is 16.1. The van der Waals surface area contributed by atoms with E-state index in [2.05, 4.69) is 33.6 Å². The number of nitrogens with two attached hydrogens (primary N) is 3. The van der Waals surface area contributed by atoms with Gasteiger partial charge in [-0.2, -0.15) is 12.6 Å². The van der Waals surface area contributed by atoms with Gasteiger partial charge >= 0.3 is 11.9 Å². The van der Waals surface area contributed by atoms with E-state index in [1.165, 1.54) is 6.92 Å². The quantitative estimate of drug-likeness (QED) is 0.0457. The second-order valence-electron chi connectivity index (χ2n) is 7.05. The summed E-state index contributed by atoms with van der Waals surface area (Å²) in [4.78, 5) is 71.4. The number of thiol groups is 1. The number of carbonyl (C=O) groups excluding carboxylic acids is 3. The van der Waals surface area contributed by atoms with Gasteiger partial charge in [0.1, 0.15) is 18.1 Å². The normalized spacial score (nSPS) is 13.4. The Hall–Kier alpha value is -3.60. The van der Waals surface area contributed by atoms with Crippen LogP contribution in [-0.4, -0.2) is 93.4 Å². The Morgan fingerprint density at radius 3 is 1.86 bits per heavy atom. The predicted octanol–water partition coefficient (Wildman–Crippen LogP) is -3.58. The van der Waals surface area contributed by atoms with E-state index in [1.54, 1.807) is 0 Å². The smallest absolute Gasteiger partial charge is 0.327 e. The van der Waals surface area contributed by atoms with Crippen LogP contribution in [0, 0.1) is 0 Å². The van der Waals surface area contributed by atoms with Crippen LogP contribution in [0.5, 0.6) is 0 Å². The van der Waals surface area contributed by atoms with Crippen molar-refractivity contribution in [1.82, 2.24) is 16.0 Å². The summed E-state index contributed by atoms with van der Waals surface area (Å²) in [6.45, 7) is 2.66.